The van der Waals surface area contributed by atoms with Gasteiger partial charge in [-0.25, -0.2) is 4.98 Å². The second kappa shape index (κ2) is 9.15. The van der Waals surface area contributed by atoms with E-state index >= 15 is 0 Å². The number of hydrogen-bond acceptors (Lipinski definition) is 3. The minimum Gasteiger partial charge on any atom is -0.356 e. The van der Waals surface area contributed by atoms with Crippen LogP contribution in [0.1, 0.15) is 12.2 Å². The Bertz CT molecular complexity index is 888. The number of fused-ring (bicyclic) bond motifs is 1. The molecule has 1 unspecified atom stereocenters. The topological polar surface area (TPSA) is 56.3 Å². The number of para-hydroxylation sites is 2. The summed E-state index contributed by atoms with van der Waals surface area (Å²) in [5.74, 6) is 3.89. The number of likely N-dealkylation sites (tertiary alicyclic amines) is 1. The SMILES string of the molecule is CN=C(NCCc1nc2ccccc2[nH]1)N1CCC(CSc2ccccc2)C1. The lowest BCUT2D eigenvalue weighted by molar-refractivity contribution is 0.474. The smallest absolute Gasteiger partial charge is 0.193 e. The van der Waals surface area contributed by atoms with Crippen LogP contribution in [-0.4, -0.2) is 53.3 Å². The molecular weight excluding hydrogens is 366 g/mol. The standard InChI is InChI=1S/C22H27N5S/c1-23-22(24-13-11-21-25-19-9-5-6-10-20(19)26-21)27-14-12-17(15-27)16-28-18-7-3-2-4-8-18/h2-10,17H,11-16H2,1H3,(H,23,24)(H,25,26). The van der Waals surface area contributed by atoms with Crippen molar-refractivity contribution in [1.82, 2.24) is 20.2 Å². The van der Waals surface area contributed by atoms with Crippen LogP contribution in [0.4, 0.5) is 0 Å². The zero-order valence-electron chi connectivity index (χ0n) is 16.3. The van der Waals surface area contributed by atoms with E-state index in [-0.39, 0.29) is 0 Å². The fourth-order valence-corrected chi connectivity index (χ4v) is 4.69. The van der Waals surface area contributed by atoms with E-state index in [4.69, 9.17) is 0 Å². The van der Waals surface area contributed by atoms with Crippen molar-refractivity contribution in [3.8, 4) is 0 Å². The maximum absolute atomic E-state index is 4.65. The number of guanidine groups is 1. The molecule has 0 radical (unpaired) electrons. The maximum atomic E-state index is 4.65. The van der Waals surface area contributed by atoms with Gasteiger partial charge in [-0.3, -0.25) is 4.99 Å². The molecule has 4 rings (SSSR count). The van der Waals surface area contributed by atoms with Crippen LogP contribution >= 0.6 is 11.8 Å². The van der Waals surface area contributed by atoms with Gasteiger partial charge < -0.3 is 15.2 Å². The van der Waals surface area contributed by atoms with Gasteiger partial charge in [-0.15, -0.1) is 11.8 Å². The number of nitrogens with one attached hydrogen (secondary N) is 2. The van der Waals surface area contributed by atoms with Gasteiger partial charge in [-0.05, 0) is 36.6 Å². The fourth-order valence-electron chi connectivity index (χ4n) is 3.64. The molecule has 1 aliphatic heterocycles. The van der Waals surface area contributed by atoms with Crippen molar-refractivity contribution < 1.29 is 0 Å². The molecule has 6 heteroatoms. The first-order valence-electron chi connectivity index (χ1n) is 9.89. The molecule has 0 spiro atoms. The van der Waals surface area contributed by atoms with Gasteiger partial charge in [0.05, 0.1) is 11.0 Å². The summed E-state index contributed by atoms with van der Waals surface area (Å²) in [5, 5.41) is 3.51. The van der Waals surface area contributed by atoms with Gasteiger partial charge in [0, 0.05) is 43.8 Å². The van der Waals surface area contributed by atoms with E-state index < -0.39 is 0 Å². The number of hydrogen-bond donors (Lipinski definition) is 2. The van der Waals surface area contributed by atoms with E-state index in [1.165, 1.54) is 11.3 Å². The lowest BCUT2D eigenvalue weighted by Crippen LogP contribution is -2.41. The van der Waals surface area contributed by atoms with Gasteiger partial charge in [0.1, 0.15) is 5.82 Å². The number of imidazole rings is 1. The summed E-state index contributed by atoms with van der Waals surface area (Å²) >= 11 is 1.96. The van der Waals surface area contributed by atoms with Crippen LogP contribution in [0, 0.1) is 5.92 Å². The molecule has 1 aliphatic rings. The largest absolute Gasteiger partial charge is 0.356 e. The van der Waals surface area contributed by atoms with Gasteiger partial charge in [0.25, 0.3) is 0 Å². The zero-order chi connectivity index (χ0) is 19.2. The lowest BCUT2D eigenvalue weighted by Gasteiger charge is -2.21. The number of thioether (sulfide) groups is 1. The van der Waals surface area contributed by atoms with Crippen molar-refractivity contribution in [2.45, 2.75) is 17.7 Å². The van der Waals surface area contributed by atoms with Crippen molar-refractivity contribution in [1.29, 1.82) is 0 Å². The highest BCUT2D eigenvalue weighted by molar-refractivity contribution is 7.99. The van der Waals surface area contributed by atoms with Gasteiger partial charge in [0.2, 0.25) is 0 Å². The normalized spacial score (nSPS) is 17.4. The molecule has 1 aromatic heterocycles. The summed E-state index contributed by atoms with van der Waals surface area (Å²) in [4.78, 5) is 16.3. The fraction of sp³-hybridized carbons (Fsp3) is 0.364. The number of nitrogens with zero attached hydrogens (tertiary/aromatic N) is 3. The van der Waals surface area contributed by atoms with Crippen molar-refractivity contribution in [2.24, 2.45) is 10.9 Å². The van der Waals surface area contributed by atoms with E-state index in [0.29, 0.717) is 5.92 Å². The minimum atomic E-state index is 0.708. The van der Waals surface area contributed by atoms with Crippen molar-refractivity contribution in [3.05, 3.63) is 60.4 Å². The van der Waals surface area contributed by atoms with Crippen molar-refractivity contribution in [3.63, 3.8) is 0 Å². The molecular formula is C22H27N5S. The molecule has 5 nitrogen and oxygen atoms in total. The predicted octanol–water partition coefficient (Wildman–Crippen LogP) is 3.80. The summed E-state index contributed by atoms with van der Waals surface area (Å²) in [6, 6.07) is 18.8. The molecule has 2 N–H and O–H groups in total. The second-order valence-corrected chi connectivity index (χ2v) is 8.24. The number of benzene rings is 2. The van der Waals surface area contributed by atoms with E-state index in [1.54, 1.807) is 0 Å². The summed E-state index contributed by atoms with van der Waals surface area (Å²) in [5.41, 5.74) is 2.13. The highest BCUT2D eigenvalue weighted by Gasteiger charge is 2.24. The third kappa shape index (κ3) is 4.68. The van der Waals surface area contributed by atoms with Crippen LogP contribution in [-0.2, 0) is 6.42 Å². The molecule has 3 aromatic rings. The first kappa shape index (κ1) is 18.9. The van der Waals surface area contributed by atoms with Crippen molar-refractivity contribution in [2.75, 3.05) is 32.4 Å². The molecule has 146 valence electrons. The predicted molar refractivity (Wildman–Crippen MR) is 118 cm³/mol. The van der Waals surface area contributed by atoms with Crippen LogP contribution in [0.2, 0.25) is 0 Å². The van der Waals surface area contributed by atoms with Gasteiger partial charge in [0.15, 0.2) is 5.96 Å². The number of rotatable bonds is 6. The maximum Gasteiger partial charge on any atom is 0.193 e. The van der Waals surface area contributed by atoms with Crippen LogP contribution in [0.15, 0.2) is 64.5 Å². The molecule has 0 bridgehead atoms. The molecule has 0 amide bonds. The van der Waals surface area contributed by atoms with E-state index in [1.807, 2.05) is 37.0 Å². The van der Waals surface area contributed by atoms with Gasteiger partial charge >= 0.3 is 0 Å². The number of aromatic nitrogens is 2. The number of aromatic amines is 1. The summed E-state index contributed by atoms with van der Waals surface area (Å²) in [7, 11) is 1.87. The Labute approximate surface area is 170 Å². The molecule has 1 saturated heterocycles. The Morgan fingerprint density at radius 1 is 1.21 bits per heavy atom. The van der Waals surface area contributed by atoms with Crippen LogP contribution < -0.4 is 5.32 Å². The minimum absolute atomic E-state index is 0.708. The van der Waals surface area contributed by atoms with Crippen molar-refractivity contribution >= 4 is 28.8 Å². The number of aliphatic imine (C=N–C) groups is 1. The highest BCUT2D eigenvalue weighted by Crippen LogP contribution is 2.25. The second-order valence-electron chi connectivity index (χ2n) is 7.15. The molecule has 1 fully saturated rings. The zero-order valence-corrected chi connectivity index (χ0v) is 17.1. The molecule has 0 aliphatic carbocycles. The Morgan fingerprint density at radius 2 is 2.04 bits per heavy atom. The molecule has 28 heavy (non-hydrogen) atoms. The van der Waals surface area contributed by atoms with Gasteiger partial charge in [-0.2, -0.15) is 0 Å². The molecule has 2 aromatic carbocycles. The van der Waals surface area contributed by atoms with Crippen LogP contribution in [0.3, 0.4) is 0 Å². The monoisotopic (exact) mass is 393 g/mol. The average Bonchev–Trinajstić information content (AvgIpc) is 3.37. The van der Waals surface area contributed by atoms with Crippen LogP contribution in [0.25, 0.3) is 11.0 Å². The molecule has 2 heterocycles. The Kier molecular flexibility index (Phi) is 6.17. The Morgan fingerprint density at radius 3 is 2.86 bits per heavy atom. The summed E-state index contributed by atoms with van der Waals surface area (Å²) in [6.45, 7) is 2.97. The number of H-pyrrole nitrogens is 1. The quantitative estimate of drug-likeness (QED) is 0.380. The third-order valence-corrected chi connectivity index (χ3v) is 6.35. The first-order chi connectivity index (χ1) is 13.8. The highest BCUT2D eigenvalue weighted by atomic mass is 32.2. The average molecular weight is 394 g/mol. The lowest BCUT2D eigenvalue weighted by atomic mass is 10.2. The Hall–Kier alpha value is -2.47. The third-order valence-electron chi connectivity index (χ3n) is 5.11. The summed E-state index contributed by atoms with van der Waals surface area (Å²) < 4.78 is 0. The molecule has 0 saturated carbocycles. The van der Waals surface area contributed by atoms with E-state index in [0.717, 1.165) is 54.6 Å². The Balaban J connectivity index is 1.24. The van der Waals surface area contributed by atoms with E-state index in [2.05, 4.69) is 61.6 Å². The summed E-state index contributed by atoms with van der Waals surface area (Å²) in [6.07, 6.45) is 2.08. The molecule has 1 atom stereocenters. The first-order valence-corrected chi connectivity index (χ1v) is 10.9. The van der Waals surface area contributed by atoms with Gasteiger partial charge in [-0.1, -0.05) is 30.3 Å². The van der Waals surface area contributed by atoms with Crippen LogP contribution in [0.5, 0.6) is 0 Å². The van der Waals surface area contributed by atoms with E-state index in [9.17, 15) is 0 Å².